The molecular weight excluding hydrogens is 278 g/mol. The van der Waals surface area contributed by atoms with Gasteiger partial charge in [0, 0.05) is 12.0 Å². The van der Waals surface area contributed by atoms with Crippen LogP contribution < -0.4 is 10.7 Å². The van der Waals surface area contributed by atoms with Crippen molar-refractivity contribution in [1.29, 1.82) is 0 Å². The van der Waals surface area contributed by atoms with E-state index < -0.39 is 5.91 Å². The molecule has 22 heavy (non-hydrogen) atoms. The number of carbonyl (C=O) groups is 1. The first kappa shape index (κ1) is 12.8. The number of primary amides is 1. The van der Waals surface area contributed by atoms with E-state index in [1.807, 2.05) is 36.4 Å². The third-order valence-electron chi connectivity index (χ3n) is 3.86. The minimum Gasteiger partial charge on any atom is -0.368 e. The Hall–Kier alpha value is -2.95. The average molecular weight is 293 g/mol. The fourth-order valence-corrected chi connectivity index (χ4v) is 2.83. The van der Waals surface area contributed by atoms with Gasteiger partial charge in [0.15, 0.2) is 0 Å². The summed E-state index contributed by atoms with van der Waals surface area (Å²) in [5.74, 6) is 0.386. The first-order chi connectivity index (χ1) is 10.7. The van der Waals surface area contributed by atoms with Crippen molar-refractivity contribution in [2.45, 2.75) is 6.42 Å². The van der Waals surface area contributed by atoms with Crippen molar-refractivity contribution in [3.05, 3.63) is 71.6 Å². The van der Waals surface area contributed by atoms with Gasteiger partial charge in [0.2, 0.25) is 5.91 Å². The van der Waals surface area contributed by atoms with Crippen LogP contribution in [0.15, 0.2) is 60.5 Å². The van der Waals surface area contributed by atoms with Crippen LogP contribution in [0.5, 0.6) is 0 Å². The molecule has 2 aliphatic heterocycles. The SMILES string of the molecule is NC(=O)CN1c2ccccc2CC(c2ccccc2)=C2ON21. The van der Waals surface area contributed by atoms with Crippen molar-refractivity contribution in [2.75, 3.05) is 11.6 Å². The second-order valence-corrected chi connectivity index (χ2v) is 5.34. The lowest BCUT2D eigenvalue weighted by atomic mass is 9.98. The van der Waals surface area contributed by atoms with Gasteiger partial charge in [-0.15, -0.1) is 0 Å². The number of hydrogen-bond acceptors (Lipinski definition) is 4. The van der Waals surface area contributed by atoms with Gasteiger partial charge in [-0.05, 0) is 17.2 Å². The van der Waals surface area contributed by atoms with E-state index in [0.717, 1.165) is 34.7 Å². The number of rotatable bonds is 3. The molecule has 0 unspecified atom stereocenters. The number of hydrogen-bond donors (Lipinski definition) is 1. The summed E-state index contributed by atoms with van der Waals surface area (Å²) >= 11 is 0. The predicted octanol–water partition coefficient (Wildman–Crippen LogP) is 2.07. The number of carbonyl (C=O) groups excluding carboxylic acids is 1. The van der Waals surface area contributed by atoms with Gasteiger partial charge >= 0.3 is 0 Å². The summed E-state index contributed by atoms with van der Waals surface area (Å²) in [6.07, 6.45) is 0.751. The number of allylic oxidation sites excluding steroid dienone is 1. The number of para-hydroxylation sites is 1. The molecule has 0 radical (unpaired) electrons. The third kappa shape index (κ3) is 2.07. The minimum absolute atomic E-state index is 0.0859. The van der Waals surface area contributed by atoms with Gasteiger partial charge in [0.05, 0.1) is 5.69 Å². The molecule has 0 aromatic heterocycles. The van der Waals surface area contributed by atoms with Gasteiger partial charge in [-0.2, -0.15) is 0 Å². The highest BCUT2D eigenvalue weighted by molar-refractivity contribution is 5.82. The predicted molar refractivity (Wildman–Crippen MR) is 83.0 cm³/mol. The molecule has 2 aromatic rings. The van der Waals surface area contributed by atoms with Crippen LogP contribution in [-0.2, 0) is 16.1 Å². The molecule has 0 spiro atoms. The molecule has 0 atom stereocenters. The number of hydrazine groups is 1. The van der Waals surface area contributed by atoms with Gasteiger partial charge in [0.1, 0.15) is 6.54 Å². The number of nitrogens with two attached hydrogens (primary N) is 1. The van der Waals surface area contributed by atoms with Crippen LogP contribution in [0.4, 0.5) is 5.69 Å². The van der Waals surface area contributed by atoms with Gasteiger partial charge in [-0.1, -0.05) is 53.7 Å². The summed E-state index contributed by atoms with van der Waals surface area (Å²) in [4.78, 5) is 17.0. The van der Waals surface area contributed by atoms with E-state index in [0.29, 0.717) is 0 Å². The maximum atomic E-state index is 11.4. The molecule has 110 valence electrons. The average Bonchev–Trinajstić information content (AvgIpc) is 3.31. The summed E-state index contributed by atoms with van der Waals surface area (Å²) in [7, 11) is 0. The quantitative estimate of drug-likeness (QED) is 0.880. The van der Waals surface area contributed by atoms with E-state index in [4.69, 9.17) is 10.6 Å². The third-order valence-corrected chi connectivity index (χ3v) is 3.86. The molecule has 0 aliphatic carbocycles. The van der Waals surface area contributed by atoms with Crippen LogP contribution in [-0.4, -0.2) is 17.6 Å². The first-order valence-corrected chi connectivity index (χ1v) is 7.14. The Labute approximate surface area is 128 Å². The number of nitrogens with zero attached hydrogens (tertiary/aromatic N) is 2. The van der Waals surface area contributed by atoms with Crippen LogP contribution in [0.2, 0.25) is 0 Å². The Bertz CT molecular complexity index is 770. The summed E-state index contributed by atoms with van der Waals surface area (Å²) in [5.41, 5.74) is 9.70. The molecule has 2 aliphatic rings. The zero-order chi connectivity index (χ0) is 15.1. The van der Waals surface area contributed by atoms with Crippen LogP contribution >= 0.6 is 0 Å². The molecule has 2 heterocycles. The Morgan fingerprint density at radius 2 is 1.82 bits per heavy atom. The van der Waals surface area contributed by atoms with E-state index in [9.17, 15) is 4.79 Å². The first-order valence-electron chi connectivity index (χ1n) is 7.14. The smallest absolute Gasteiger partial charge is 0.285 e. The Morgan fingerprint density at radius 1 is 1.09 bits per heavy atom. The van der Waals surface area contributed by atoms with Gasteiger partial charge in [-0.3, -0.25) is 4.79 Å². The van der Waals surface area contributed by atoms with E-state index in [1.54, 1.807) is 10.2 Å². The summed E-state index contributed by atoms with van der Waals surface area (Å²) in [6, 6.07) is 18.1. The lowest BCUT2D eigenvalue weighted by molar-refractivity contribution is -0.117. The maximum Gasteiger partial charge on any atom is 0.285 e. The van der Waals surface area contributed by atoms with E-state index in [2.05, 4.69) is 18.2 Å². The molecule has 0 saturated carbocycles. The number of hydroxylamine groups is 1. The summed E-state index contributed by atoms with van der Waals surface area (Å²) in [5, 5.41) is 3.43. The Balaban J connectivity index is 1.81. The summed E-state index contributed by atoms with van der Waals surface area (Å²) in [6.45, 7) is 0.0859. The maximum absolute atomic E-state index is 11.4. The van der Waals surface area contributed by atoms with Gasteiger partial charge < -0.3 is 10.6 Å². The number of fused-ring (bicyclic) bond motifs is 2. The van der Waals surface area contributed by atoms with E-state index >= 15 is 0 Å². The van der Waals surface area contributed by atoms with Crippen molar-refractivity contribution in [3.63, 3.8) is 0 Å². The van der Waals surface area contributed by atoms with Crippen molar-refractivity contribution >= 4 is 17.2 Å². The van der Waals surface area contributed by atoms with Crippen LogP contribution in [0.25, 0.3) is 5.57 Å². The highest BCUT2D eigenvalue weighted by Crippen LogP contribution is 2.43. The van der Waals surface area contributed by atoms with Crippen molar-refractivity contribution in [2.24, 2.45) is 5.73 Å². The number of amides is 1. The Kier molecular flexibility index (Phi) is 2.79. The fraction of sp³-hybridized carbons (Fsp3) is 0.118. The standard InChI is InChI=1S/C17H15N3O2/c18-16(21)11-19-15-9-5-4-8-13(15)10-14(17-20(19)22-17)12-6-2-1-3-7-12/h1-9H,10-11H2,(H2,18,21). The van der Waals surface area contributed by atoms with Crippen molar-refractivity contribution in [3.8, 4) is 0 Å². The van der Waals surface area contributed by atoms with Crippen LogP contribution in [0, 0.1) is 0 Å². The second-order valence-electron chi connectivity index (χ2n) is 5.34. The molecule has 5 nitrogen and oxygen atoms in total. The normalized spacial score (nSPS) is 15.6. The molecule has 1 amide bonds. The number of benzene rings is 2. The zero-order valence-corrected chi connectivity index (χ0v) is 11.9. The van der Waals surface area contributed by atoms with Crippen LogP contribution in [0.3, 0.4) is 0 Å². The molecule has 4 rings (SSSR count). The summed E-state index contributed by atoms with van der Waals surface area (Å²) < 4.78 is 0. The minimum atomic E-state index is -0.396. The molecule has 1 saturated heterocycles. The fourth-order valence-electron chi connectivity index (χ4n) is 2.83. The molecule has 0 bridgehead atoms. The molecular formula is C17H15N3O2. The van der Waals surface area contributed by atoms with E-state index in [-0.39, 0.29) is 6.54 Å². The molecule has 2 aromatic carbocycles. The lowest BCUT2D eigenvalue weighted by Gasteiger charge is -2.21. The monoisotopic (exact) mass is 293 g/mol. The Morgan fingerprint density at radius 3 is 2.59 bits per heavy atom. The highest BCUT2D eigenvalue weighted by atomic mass is 16.9. The van der Waals surface area contributed by atoms with Gasteiger partial charge in [-0.25, -0.2) is 5.01 Å². The zero-order valence-electron chi connectivity index (χ0n) is 11.9. The second kappa shape index (κ2) is 4.80. The van der Waals surface area contributed by atoms with E-state index in [1.165, 1.54) is 0 Å². The van der Waals surface area contributed by atoms with Crippen molar-refractivity contribution < 1.29 is 9.63 Å². The van der Waals surface area contributed by atoms with Crippen molar-refractivity contribution in [1.82, 2.24) is 5.17 Å². The lowest BCUT2D eigenvalue weighted by Crippen LogP contribution is -2.37. The molecule has 1 fully saturated rings. The highest BCUT2D eigenvalue weighted by Gasteiger charge is 2.43. The molecule has 2 N–H and O–H groups in total. The van der Waals surface area contributed by atoms with Crippen LogP contribution in [0.1, 0.15) is 11.1 Å². The topological polar surface area (TPSA) is 61.9 Å². The van der Waals surface area contributed by atoms with Gasteiger partial charge in [0.25, 0.3) is 5.88 Å². The molecule has 5 heteroatoms. The number of anilines is 1. The largest absolute Gasteiger partial charge is 0.368 e.